The Bertz CT molecular complexity index is 920. The Balaban J connectivity index is 1.29. The van der Waals surface area contributed by atoms with E-state index < -0.39 is 5.41 Å². The van der Waals surface area contributed by atoms with Gasteiger partial charge in [0.15, 0.2) is 0 Å². The summed E-state index contributed by atoms with van der Waals surface area (Å²) < 4.78 is 0. The van der Waals surface area contributed by atoms with Crippen LogP contribution in [0.1, 0.15) is 24.8 Å². The average Bonchev–Trinajstić information content (AvgIpc) is 3.60. The minimum absolute atomic E-state index is 0.000755. The summed E-state index contributed by atoms with van der Waals surface area (Å²) in [7, 11) is 0. The van der Waals surface area contributed by atoms with Crippen LogP contribution in [0.5, 0.6) is 0 Å². The molecule has 0 N–H and O–H groups in total. The molecule has 2 amide bonds. The van der Waals surface area contributed by atoms with E-state index in [0.29, 0.717) is 51.5 Å². The highest BCUT2D eigenvalue weighted by atomic mass is 16.2. The smallest absolute Gasteiger partial charge is 0.242 e. The number of carbonyl (C=O) groups excluding carboxylic acids is 2. The maximum atomic E-state index is 13.5. The molecule has 0 atom stereocenters. The van der Waals surface area contributed by atoms with Crippen molar-refractivity contribution in [3.8, 4) is 0 Å². The van der Waals surface area contributed by atoms with Crippen LogP contribution >= 0.6 is 0 Å². The molecule has 1 saturated heterocycles. The van der Waals surface area contributed by atoms with E-state index in [9.17, 15) is 9.59 Å². The van der Waals surface area contributed by atoms with Crippen molar-refractivity contribution in [3.05, 3.63) is 48.3 Å². The van der Waals surface area contributed by atoms with Crippen molar-refractivity contribution < 1.29 is 9.59 Å². The maximum absolute atomic E-state index is 13.5. The largest absolute Gasteiger partial charge is 0.338 e. The molecule has 1 aromatic heterocycles. The summed E-state index contributed by atoms with van der Waals surface area (Å²) in [5, 5.41) is 0. The molecule has 29 heavy (non-hydrogen) atoms. The molecule has 0 unspecified atom stereocenters. The van der Waals surface area contributed by atoms with Gasteiger partial charge in [0.2, 0.25) is 17.8 Å². The Labute approximate surface area is 170 Å². The first-order valence-electron chi connectivity index (χ1n) is 10.4. The third kappa shape index (κ3) is 3.14. The quantitative estimate of drug-likeness (QED) is 0.748. The first-order valence-corrected chi connectivity index (χ1v) is 10.4. The number of rotatable bonds is 3. The fourth-order valence-electron chi connectivity index (χ4n) is 4.51. The van der Waals surface area contributed by atoms with Gasteiger partial charge in [0.05, 0.1) is 0 Å². The second-order valence-electron chi connectivity index (χ2n) is 8.10. The number of hydrogen-bond donors (Lipinski definition) is 0. The molecule has 3 aliphatic rings. The average molecular weight is 391 g/mol. The number of aryl methyl sites for hydroxylation is 1. The third-order valence-corrected chi connectivity index (χ3v) is 6.33. The number of para-hydroxylation sites is 1. The van der Waals surface area contributed by atoms with Crippen molar-refractivity contribution in [2.45, 2.75) is 25.7 Å². The lowest BCUT2D eigenvalue weighted by Crippen LogP contribution is -2.54. The molecule has 3 heterocycles. The lowest BCUT2D eigenvalue weighted by molar-refractivity contribution is -0.143. The summed E-state index contributed by atoms with van der Waals surface area (Å²) in [6.07, 6.45) is 6.71. The molecule has 0 spiro atoms. The molecule has 5 rings (SSSR count). The minimum atomic E-state index is -0.851. The number of piperazine rings is 1. The highest BCUT2D eigenvalue weighted by Crippen LogP contribution is 2.50. The lowest BCUT2D eigenvalue weighted by atomic mass is 9.97. The van der Waals surface area contributed by atoms with Crippen LogP contribution in [0.4, 0.5) is 11.6 Å². The van der Waals surface area contributed by atoms with Crippen LogP contribution in [-0.2, 0) is 16.0 Å². The van der Waals surface area contributed by atoms with Crippen LogP contribution in [0.2, 0.25) is 0 Å². The van der Waals surface area contributed by atoms with Crippen LogP contribution < -0.4 is 9.80 Å². The Hall–Kier alpha value is -2.96. The molecule has 7 nitrogen and oxygen atoms in total. The molecule has 2 fully saturated rings. The summed E-state index contributed by atoms with van der Waals surface area (Å²) in [4.78, 5) is 41.2. The van der Waals surface area contributed by atoms with E-state index in [1.54, 1.807) is 18.5 Å². The standard InChI is InChI=1S/C22H25N5O2/c28-19(25-13-15-26(16-14-25)21-23-10-4-11-24-21)22(8-9-22)20(29)27-12-3-6-17-5-1-2-7-18(17)27/h1-2,4-5,7,10-11H,3,6,8-9,12-16H2. The Kier molecular flexibility index (Phi) is 4.45. The maximum Gasteiger partial charge on any atom is 0.242 e. The highest BCUT2D eigenvalue weighted by Gasteiger charge is 2.60. The van der Waals surface area contributed by atoms with Gasteiger partial charge in [-0.2, -0.15) is 0 Å². The fourth-order valence-corrected chi connectivity index (χ4v) is 4.51. The number of benzene rings is 1. The first-order chi connectivity index (χ1) is 14.2. The van der Waals surface area contributed by atoms with Gasteiger partial charge in [0, 0.05) is 50.8 Å². The lowest BCUT2D eigenvalue weighted by Gasteiger charge is -2.38. The van der Waals surface area contributed by atoms with Crippen molar-refractivity contribution in [1.29, 1.82) is 0 Å². The predicted molar refractivity (Wildman–Crippen MR) is 110 cm³/mol. The minimum Gasteiger partial charge on any atom is -0.338 e. The van der Waals surface area contributed by atoms with Crippen LogP contribution in [-0.4, -0.2) is 59.4 Å². The van der Waals surface area contributed by atoms with E-state index in [2.05, 4.69) is 20.9 Å². The Morgan fingerprint density at radius 1 is 0.862 bits per heavy atom. The molecular formula is C22H25N5O2. The number of fused-ring (bicyclic) bond motifs is 1. The normalized spacial score (nSPS) is 20.2. The summed E-state index contributed by atoms with van der Waals surface area (Å²) >= 11 is 0. The van der Waals surface area contributed by atoms with Gasteiger partial charge in [-0.3, -0.25) is 9.59 Å². The zero-order chi connectivity index (χ0) is 19.8. The van der Waals surface area contributed by atoms with Crippen LogP contribution in [0.25, 0.3) is 0 Å². The van der Waals surface area contributed by atoms with Gasteiger partial charge < -0.3 is 14.7 Å². The molecule has 0 bridgehead atoms. The van der Waals surface area contributed by atoms with Gasteiger partial charge in [0.25, 0.3) is 0 Å². The summed E-state index contributed by atoms with van der Waals surface area (Å²) in [5.41, 5.74) is 1.33. The molecule has 150 valence electrons. The van der Waals surface area contributed by atoms with Crippen LogP contribution in [0, 0.1) is 5.41 Å². The molecule has 0 radical (unpaired) electrons. The number of carbonyl (C=O) groups is 2. The molecule has 7 heteroatoms. The van der Waals surface area contributed by atoms with E-state index in [-0.39, 0.29) is 11.8 Å². The van der Waals surface area contributed by atoms with Gasteiger partial charge in [-0.1, -0.05) is 18.2 Å². The Morgan fingerprint density at radius 3 is 2.31 bits per heavy atom. The van der Waals surface area contributed by atoms with Gasteiger partial charge >= 0.3 is 0 Å². The summed E-state index contributed by atoms with van der Waals surface area (Å²) in [6.45, 7) is 3.27. The summed E-state index contributed by atoms with van der Waals surface area (Å²) in [6, 6.07) is 9.87. The van der Waals surface area contributed by atoms with Crippen molar-refractivity contribution in [2.75, 3.05) is 42.5 Å². The number of hydrogen-bond acceptors (Lipinski definition) is 5. The predicted octanol–water partition coefficient (Wildman–Crippen LogP) is 1.88. The molecule has 2 aromatic rings. The van der Waals surface area contributed by atoms with Crippen LogP contribution in [0.3, 0.4) is 0 Å². The monoisotopic (exact) mass is 391 g/mol. The summed E-state index contributed by atoms with van der Waals surface area (Å²) in [5.74, 6) is 0.685. The zero-order valence-corrected chi connectivity index (χ0v) is 16.5. The SMILES string of the molecule is O=C(N1CCN(c2ncccn2)CC1)C1(C(=O)N2CCCc3ccccc32)CC1. The molecule has 1 saturated carbocycles. The molecular weight excluding hydrogens is 366 g/mol. The topological polar surface area (TPSA) is 69.6 Å². The van der Waals surface area contributed by atoms with Crippen molar-refractivity contribution >= 4 is 23.5 Å². The van der Waals surface area contributed by atoms with E-state index in [1.165, 1.54) is 5.56 Å². The third-order valence-electron chi connectivity index (χ3n) is 6.33. The molecule has 2 aliphatic heterocycles. The highest BCUT2D eigenvalue weighted by molar-refractivity contribution is 6.14. The van der Waals surface area contributed by atoms with Crippen molar-refractivity contribution in [3.63, 3.8) is 0 Å². The number of aromatic nitrogens is 2. The zero-order valence-electron chi connectivity index (χ0n) is 16.5. The van der Waals surface area contributed by atoms with Gasteiger partial charge in [-0.05, 0) is 43.4 Å². The van der Waals surface area contributed by atoms with E-state index in [1.807, 2.05) is 28.0 Å². The van der Waals surface area contributed by atoms with Crippen molar-refractivity contribution in [2.24, 2.45) is 5.41 Å². The number of amides is 2. The fraction of sp³-hybridized carbons (Fsp3) is 0.455. The van der Waals surface area contributed by atoms with Crippen molar-refractivity contribution in [1.82, 2.24) is 14.9 Å². The second-order valence-corrected chi connectivity index (χ2v) is 8.10. The molecule has 1 aliphatic carbocycles. The number of nitrogens with zero attached hydrogens (tertiary/aromatic N) is 5. The Morgan fingerprint density at radius 2 is 1.59 bits per heavy atom. The van der Waals surface area contributed by atoms with E-state index in [4.69, 9.17) is 0 Å². The molecule has 1 aromatic carbocycles. The van der Waals surface area contributed by atoms with Gasteiger partial charge in [-0.15, -0.1) is 0 Å². The van der Waals surface area contributed by atoms with Crippen LogP contribution in [0.15, 0.2) is 42.7 Å². The number of anilines is 2. The van der Waals surface area contributed by atoms with Gasteiger partial charge in [-0.25, -0.2) is 9.97 Å². The second kappa shape index (κ2) is 7.13. The van der Waals surface area contributed by atoms with Gasteiger partial charge in [0.1, 0.15) is 5.41 Å². The van der Waals surface area contributed by atoms with E-state index in [0.717, 1.165) is 18.5 Å². The first kappa shape index (κ1) is 18.1. The van der Waals surface area contributed by atoms with E-state index >= 15 is 0 Å².